The third-order valence-corrected chi connectivity index (χ3v) is 5.98. The van der Waals surface area contributed by atoms with Crippen LogP contribution in [-0.2, 0) is 14.6 Å². The average molecular weight is 336 g/mol. The predicted molar refractivity (Wildman–Crippen MR) is 82.6 cm³/mol. The van der Waals surface area contributed by atoms with Crippen LogP contribution in [0.1, 0.15) is 19.4 Å². The molecule has 0 aliphatic rings. The summed E-state index contributed by atoms with van der Waals surface area (Å²) in [7, 11) is -3.77. The Bertz CT molecular complexity index is 651. The SMILES string of the molecule is Cc1ccccc1NC(=O)/C(Cl)=C(\Cl)S(=O)(=O)C(C)C. The zero-order valence-electron chi connectivity index (χ0n) is 11.3. The zero-order chi connectivity index (χ0) is 15.5. The van der Waals surface area contributed by atoms with Crippen molar-refractivity contribution in [3.8, 4) is 0 Å². The first-order valence-corrected chi connectivity index (χ1v) is 8.14. The lowest BCUT2D eigenvalue weighted by atomic mass is 10.2. The van der Waals surface area contributed by atoms with Crippen LogP contribution in [0.5, 0.6) is 0 Å². The fraction of sp³-hybridized carbons (Fsp3) is 0.308. The number of rotatable bonds is 4. The number of anilines is 1. The molecule has 0 aliphatic heterocycles. The molecule has 0 unspecified atom stereocenters. The van der Waals surface area contributed by atoms with Gasteiger partial charge < -0.3 is 5.32 Å². The normalized spacial score (nSPS) is 13.1. The monoisotopic (exact) mass is 335 g/mol. The van der Waals surface area contributed by atoms with Crippen molar-refractivity contribution < 1.29 is 13.2 Å². The molecular formula is C13H15Cl2NO3S. The molecule has 1 N–H and O–H groups in total. The molecule has 0 aliphatic carbocycles. The van der Waals surface area contributed by atoms with Crippen LogP contribution >= 0.6 is 23.2 Å². The Morgan fingerprint density at radius 1 is 1.20 bits per heavy atom. The van der Waals surface area contributed by atoms with Crippen molar-refractivity contribution >= 4 is 44.6 Å². The minimum Gasteiger partial charge on any atom is -0.321 e. The summed E-state index contributed by atoms with van der Waals surface area (Å²) in [4.78, 5) is 11.9. The van der Waals surface area contributed by atoms with Gasteiger partial charge in [0.1, 0.15) is 5.03 Å². The summed E-state index contributed by atoms with van der Waals surface area (Å²) in [6.45, 7) is 4.72. The number of hydrogen-bond acceptors (Lipinski definition) is 3. The molecule has 4 nitrogen and oxygen atoms in total. The van der Waals surface area contributed by atoms with Gasteiger partial charge in [0, 0.05) is 5.69 Å². The second-order valence-electron chi connectivity index (χ2n) is 4.45. The summed E-state index contributed by atoms with van der Waals surface area (Å²) < 4.78 is 23.0. The van der Waals surface area contributed by atoms with Crippen molar-refractivity contribution in [1.29, 1.82) is 0 Å². The van der Waals surface area contributed by atoms with Crippen molar-refractivity contribution in [3.05, 3.63) is 39.2 Å². The molecule has 1 rings (SSSR count). The lowest BCUT2D eigenvalue weighted by molar-refractivity contribution is -0.112. The molecule has 1 aromatic rings. The molecular weight excluding hydrogens is 321 g/mol. The van der Waals surface area contributed by atoms with Crippen LogP contribution in [0.3, 0.4) is 0 Å². The van der Waals surface area contributed by atoms with E-state index in [2.05, 4.69) is 5.32 Å². The molecule has 7 heteroatoms. The van der Waals surface area contributed by atoms with Gasteiger partial charge in [-0.25, -0.2) is 8.42 Å². The van der Waals surface area contributed by atoms with E-state index in [4.69, 9.17) is 23.2 Å². The first-order valence-electron chi connectivity index (χ1n) is 5.84. The smallest absolute Gasteiger partial charge is 0.269 e. The average Bonchev–Trinajstić information content (AvgIpc) is 2.39. The number of nitrogens with one attached hydrogen (secondary N) is 1. The molecule has 1 amide bonds. The van der Waals surface area contributed by atoms with E-state index in [9.17, 15) is 13.2 Å². The van der Waals surface area contributed by atoms with Gasteiger partial charge in [-0.15, -0.1) is 0 Å². The summed E-state index contributed by atoms with van der Waals surface area (Å²) in [6.07, 6.45) is 0. The van der Waals surface area contributed by atoms with Crippen LogP contribution in [0.2, 0.25) is 0 Å². The molecule has 110 valence electrons. The maximum absolute atomic E-state index is 11.9. The first-order chi connectivity index (χ1) is 9.17. The van der Waals surface area contributed by atoms with Gasteiger partial charge in [-0.1, -0.05) is 41.4 Å². The van der Waals surface area contributed by atoms with Crippen LogP contribution < -0.4 is 5.32 Å². The van der Waals surface area contributed by atoms with E-state index in [1.54, 1.807) is 25.1 Å². The molecule has 0 bridgehead atoms. The Hall–Kier alpha value is -1.04. The van der Waals surface area contributed by atoms with Gasteiger partial charge in [0.05, 0.1) is 5.25 Å². The largest absolute Gasteiger partial charge is 0.321 e. The summed E-state index contributed by atoms with van der Waals surface area (Å²) in [5.41, 5.74) is 1.37. The van der Waals surface area contributed by atoms with Crippen LogP contribution in [0.4, 0.5) is 5.69 Å². The third kappa shape index (κ3) is 3.75. The van der Waals surface area contributed by atoms with Gasteiger partial charge in [-0.2, -0.15) is 0 Å². The molecule has 0 fully saturated rings. The molecule has 1 aromatic carbocycles. The minimum absolute atomic E-state index is 0.538. The minimum atomic E-state index is -3.77. The summed E-state index contributed by atoms with van der Waals surface area (Å²) >= 11 is 11.5. The molecule has 0 heterocycles. The summed E-state index contributed by atoms with van der Waals surface area (Å²) in [5, 5.41) is 1.23. The molecule has 0 saturated carbocycles. The maximum Gasteiger partial charge on any atom is 0.269 e. The zero-order valence-corrected chi connectivity index (χ0v) is 13.6. The Balaban J connectivity index is 3.07. The number of amides is 1. The van der Waals surface area contributed by atoms with Crippen LogP contribution in [0, 0.1) is 6.92 Å². The van der Waals surface area contributed by atoms with Crippen molar-refractivity contribution in [2.75, 3.05) is 5.32 Å². The number of hydrogen-bond donors (Lipinski definition) is 1. The highest BCUT2D eigenvalue weighted by Crippen LogP contribution is 2.25. The predicted octanol–water partition coefficient (Wildman–Crippen LogP) is 3.40. The Kier molecular flexibility index (Phi) is 5.62. The third-order valence-electron chi connectivity index (χ3n) is 2.64. The highest BCUT2D eigenvalue weighted by atomic mass is 35.5. The maximum atomic E-state index is 11.9. The molecule has 20 heavy (non-hydrogen) atoms. The number of benzene rings is 1. The Morgan fingerprint density at radius 3 is 2.25 bits per heavy atom. The van der Waals surface area contributed by atoms with Gasteiger partial charge in [0.2, 0.25) is 0 Å². The van der Waals surface area contributed by atoms with Crippen molar-refractivity contribution in [3.63, 3.8) is 0 Å². The summed E-state index contributed by atoms with van der Waals surface area (Å²) in [5.74, 6) is -0.754. The van der Waals surface area contributed by atoms with Gasteiger partial charge in [0.15, 0.2) is 14.2 Å². The first kappa shape index (κ1) is 17.0. The fourth-order valence-electron chi connectivity index (χ4n) is 1.31. The van der Waals surface area contributed by atoms with Crippen LogP contribution in [0.15, 0.2) is 33.7 Å². The Labute approximate surface area is 128 Å². The molecule has 0 spiro atoms. The van der Waals surface area contributed by atoms with E-state index in [0.29, 0.717) is 5.69 Å². The van der Waals surface area contributed by atoms with Crippen molar-refractivity contribution in [2.45, 2.75) is 26.0 Å². The highest BCUT2D eigenvalue weighted by molar-refractivity contribution is 7.97. The van der Waals surface area contributed by atoms with E-state index < -0.39 is 30.4 Å². The molecule has 0 atom stereocenters. The lowest BCUT2D eigenvalue weighted by Gasteiger charge is -2.10. The number of carbonyl (C=O) groups is 1. The number of aryl methyl sites for hydroxylation is 1. The van der Waals surface area contributed by atoms with Gasteiger partial charge in [0.25, 0.3) is 5.91 Å². The number of carbonyl (C=O) groups excluding carboxylic acids is 1. The van der Waals surface area contributed by atoms with Gasteiger partial charge in [-0.05, 0) is 32.4 Å². The molecule has 0 aromatic heterocycles. The number of halogens is 2. The number of para-hydroxylation sites is 1. The number of sulfone groups is 1. The van der Waals surface area contributed by atoms with Crippen LogP contribution in [-0.4, -0.2) is 19.6 Å². The van der Waals surface area contributed by atoms with E-state index in [1.807, 2.05) is 6.07 Å². The van der Waals surface area contributed by atoms with Crippen molar-refractivity contribution in [2.24, 2.45) is 0 Å². The highest BCUT2D eigenvalue weighted by Gasteiger charge is 2.26. The topological polar surface area (TPSA) is 63.2 Å². The van der Waals surface area contributed by atoms with Crippen molar-refractivity contribution in [1.82, 2.24) is 0 Å². The van der Waals surface area contributed by atoms with E-state index >= 15 is 0 Å². The fourth-order valence-corrected chi connectivity index (χ4v) is 3.06. The van der Waals surface area contributed by atoms with E-state index in [-0.39, 0.29) is 0 Å². The quantitative estimate of drug-likeness (QED) is 0.857. The second-order valence-corrected chi connectivity index (χ2v) is 7.87. The lowest BCUT2D eigenvalue weighted by Crippen LogP contribution is -2.19. The van der Waals surface area contributed by atoms with E-state index in [1.165, 1.54) is 13.8 Å². The second kappa shape index (κ2) is 6.61. The summed E-state index contributed by atoms with van der Waals surface area (Å²) in [6, 6.07) is 7.05. The Morgan fingerprint density at radius 2 is 1.75 bits per heavy atom. The molecule has 0 saturated heterocycles. The van der Waals surface area contributed by atoms with Gasteiger partial charge in [-0.3, -0.25) is 4.79 Å². The van der Waals surface area contributed by atoms with Gasteiger partial charge >= 0.3 is 0 Å². The van der Waals surface area contributed by atoms with Crippen LogP contribution in [0.25, 0.3) is 0 Å². The molecule has 0 radical (unpaired) electrons. The standard InChI is InChI=1S/C13H15Cl2NO3S/c1-8(2)20(18,19)12(15)11(14)13(17)16-10-7-5-4-6-9(10)3/h4-8H,1-3H3,(H,16,17)/b12-11-. The van der Waals surface area contributed by atoms with E-state index in [0.717, 1.165) is 5.56 Å².